The van der Waals surface area contributed by atoms with Crippen LogP contribution in [0.15, 0.2) is 48.5 Å². The Balaban J connectivity index is 1.46. The van der Waals surface area contributed by atoms with Gasteiger partial charge in [0.25, 0.3) is 11.8 Å². The van der Waals surface area contributed by atoms with E-state index in [1.807, 2.05) is 47.1 Å². The van der Waals surface area contributed by atoms with Gasteiger partial charge in [0.15, 0.2) is 0 Å². The van der Waals surface area contributed by atoms with Crippen molar-refractivity contribution in [1.82, 2.24) is 15.1 Å². The molecule has 0 unspecified atom stereocenters. The van der Waals surface area contributed by atoms with E-state index in [1.165, 1.54) is 0 Å². The van der Waals surface area contributed by atoms with Crippen LogP contribution in [0.1, 0.15) is 52.0 Å². The Hall–Kier alpha value is -3.35. The zero-order valence-corrected chi connectivity index (χ0v) is 20.0. The van der Waals surface area contributed by atoms with Gasteiger partial charge in [0.2, 0.25) is 5.91 Å². The van der Waals surface area contributed by atoms with Crippen molar-refractivity contribution in [2.24, 2.45) is 5.92 Å². The van der Waals surface area contributed by atoms with E-state index in [-0.39, 0.29) is 23.6 Å². The Kier molecular flexibility index (Phi) is 7.50. The summed E-state index contributed by atoms with van der Waals surface area (Å²) in [5.41, 5.74) is 2.06. The fourth-order valence-electron chi connectivity index (χ4n) is 4.94. The lowest BCUT2D eigenvalue weighted by Gasteiger charge is -2.37. The van der Waals surface area contributed by atoms with Crippen molar-refractivity contribution >= 4 is 17.7 Å². The molecule has 2 aromatic carbocycles. The van der Waals surface area contributed by atoms with Gasteiger partial charge < -0.3 is 19.9 Å². The maximum atomic E-state index is 13.4. The van der Waals surface area contributed by atoms with Crippen LogP contribution in [0, 0.1) is 12.8 Å². The third-order valence-corrected chi connectivity index (χ3v) is 6.97. The van der Waals surface area contributed by atoms with E-state index >= 15 is 0 Å². The predicted molar refractivity (Wildman–Crippen MR) is 130 cm³/mol. The number of carbonyl (C=O) groups excluding carboxylic acids is 3. The van der Waals surface area contributed by atoms with Crippen molar-refractivity contribution in [2.75, 3.05) is 33.3 Å². The SMILES string of the molecule is COc1cccc(C(=O)N2CCC([C@H](NC(=O)c3ccccc3C)C(=O)N3CCCC3)CC2)c1. The molecular weight excluding hydrogens is 430 g/mol. The summed E-state index contributed by atoms with van der Waals surface area (Å²) >= 11 is 0. The second kappa shape index (κ2) is 10.7. The first-order valence-electron chi connectivity index (χ1n) is 12.1. The molecule has 4 rings (SSSR count). The summed E-state index contributed by atoms with van der Waals surface area (Å²) in [6.07, 6.45) is 3.32. The summed E-state index contributed by atoms with van der Waals surface area (Å²) in [5, 5.41) is 3.06. The lowest BCUT2D eigenvalue weighted by molar-refractivity contribution is -0.134. The Bertz CT molecular complexity index is 1040. The van der Waals surface area contributed by atoms with Crippen LogP contribution in [0.5, 0.6) is 5.75 Å². The van der Waals surface area contributed by atoms with Crippen LogP contribution in [-0.2, 0) is 4.79 Å². The third-order valence-electron chi connectivity index (χ3n) is 6.97. The second-order valence-electron chi connectivity index (χ2n) is 9.16. The maximum absolute atomic E-state index is 13.4. The number of hydrogen-bond donors (Lipinski definition) is 1. The van der Waals surface area contributed by atoms with E-state index in [9.17, 15) is 14.4 Å². The van der Waals surface area contributed by atoms with Crippen molar-refractivity contribution in [2.45, 2.75) is 38.6 Å². The van der Waals surface area contributed by atoms with Crippen molar-refractivity contribution in [3.8, 4) is 5.75 Å². The zero-order chi connectivity index (χ0) is 24.1. The number of piperidine rings is 1. The molecule has 2 heterocycles. The van der Waals surface area contributed by atoms with Crippen LogP contribution < -0.4 is 10.1 Å². The highest BCUT2D eigenvalue weighted by Crippen LogP contribution is 2.26. The number of hydrogen-bond acceptors (Lipinski definition) is 4. The molecule has 180 valence electrons. The van der Waals surface area contributed by atoms with Crippen LogP contribution in [0.2, 0.25) is 0 Å². The molecule has 3 amide bonds. The van der Waals surface area contributed by atoms with Gasteiger partial charge in [-0.2, -0.15) is 0 Å². The fourth-order valence-corrected chi connectivity index (χ4v) is 4.94. The molecule has 0 spiro atoms. The number of carbonyl (C=O) groups is 3. The Labute approximate surface area is 201 Å². The fraction of sp³-hybridized carbons (Fsp3) is 0.444. The van der Waals surface area contributed by atoms with E-state index in [1.54, 1.807) is 25.3 Å². The van der Waals surface area contributed by atoms with Gasteiger partial charge in [0.05, 0.1) is 7.11 Å². The summed E-state index contributed by atoms with van der Waals surface area (Å²) in [6, 6.07) is 14.0. The maximum Gasteiger partial charge on any atom is 0.253 e. The molecule has 2 aliphatic rings. The minimum Gasteiger partial charge on any atom is -0.497 e. The van der Waals surface area contributed by atoms with Gasteiger partial charge in [-0.05, 0) is 68.4 Å². The van der Waals surface area contributed by atoms with Crippen LogP contribution in [0.4, 0.5) is 0 Å². The molecule has 2 aliphatic heterocycles. The van der Waals surface area contributed by atoms with Crippen molar-refractivity contribution in [3.63, 3.8) is 0 Å². The number of likely N-dealkylation sites (tertiary alicyclic amines) is 2. The molecule has 2 saturated heterocycles. The highest BCUT2D eigenvalue weighted by molar-refractivity contribution is 5.99. The molecule has 0 aliphatic carbocycles. The molecule has 2 fully saturated rings. The number of nitrogens with zero attached hydrogens (tertiary/aromatic N) is 2. The number of rotatable bonds is 6. The van der Waals surface area contributed by atoms with Crippen molar-refractivity contribution in [3.05, 3.63) is 65.2 Å². The second-order valence-corrected chi connectivity index (χ2v) is 9.16. The molecule has 7 nitrogen and oxygen atoms in total. The topological polar surface area (TPSA) is 79.0 Å². The van der Waals surface area contributed by atoms with Gasteiger partial charge in [-0.3, -0.25) is 14.4 Å². The van der Waals surface area contributed by atoms with E-state index < -0.39 is 6.04 Å². The molecule has 2 aromatic rings. The quantitative estimate of drug-likeness (QED) is 0.713. The number of nitrogens with one attached hydrogen (secondary N) is 1. The number of methoxy groups -OCH3 is 1. The van der Waals surface area contributed by atoms with Crippen LogP contribution in [-0.4, -0.2) is 66.9 Å². The number of amides is 3. The minimum absolute atomic E-state index is 0.00277. The van der Waals surface area contributed by atoms with Crippen molar-refractivity contribution < 1.29 is 19.1 Å². The average Bonchev–Trinajstić information content (AvgIpc) is 3.42. The largest absolute Gasteiger partial charge is 0.497 e. The summed E-state index contributed by atoms with van der Waals surface area (Å²) in [7, 11) is 1.58. The summed E-state index contributed by atoms with van der Waals surface area (Å²) in [5.74, 6) is 0.373. The summed E-state index contributed by atoms with van der Waals surface area (Å²) in [4.78, 5) is 43.2. The van der Waals surface area contributed by atoms with Crippen LogP contribution in [0.3, 0.4) is 0 Å². The molecule has 1 N–H and O–H groups in total. The molecule has 1 atom stereocenters. The molecule has 0 aromatic heterocycles. The number of aryl methyl sites for hydroxylation is 1. The summed E-state index contributed by atoms with van der Waals surface area (Å²) in [6.45, 7) is 4.47. The Morgan fingerprint density at radius 3 is 2.32 bits per heavy atom. The molecule has 0 bridgehead atoms. The average molecular weight is 464 g/mol. The normalized spacial score (nSPS) is 17.4. The van der Waals surface area contributed by atoms with Gasteiger partial charge in [0, 0.05) is 37.3 Å². The van der Waals surface area contributed by atoms with Gasteiger partial charge >= 0.3 is 0 Å². The van der Waals surface area contributed by atoms with Gasteiger partial charge in [-0.25, -0.2) is 0 Å². The molecule has 7 heteroatoms. The zero-order valence-electron chi connectivity index (χ0n) is 20.0. The minimum atomic E-state index is -0.584. The Morgan fingerprint density at radius 2 is 1.65 bits per heavy atom. The predicted octanol–water partition coefficient (Wildman–Crippen LogP) is 3.28. The first-order valence-corrected chi connectivity index (χ1v) is 12.1. The number of benzene rings is 2. The smallest absolute Gasteiger partial charge is 0.253 e. The molecule has 34 heavy (non-hydrogen) atoms. The van der Waals surface area contributed by atoms with Crippen molar-refractivity contribution in [1.29, 1.82) is 0 Å². The first kappa shape index (κ1) is 23.8. The monoisotopic (exact) mass is 463 g/mol. The Morgan fingerprint density at radius 1 is 0.941 bits per heavy atom. The third kappa shape index (κ3) is 5.24. The summed E-state index contributed by atoms with van der Waals surface area (Å²) < 4.78 is 5.24. The van der Waals surface area contributed by atoms with E-state index in [0.717, 1.165) is 31.5 Å². The number of ether oxygens (including phenoxy) is 1. The lowest BCUT2D eigenvalue weighted by Crippen LogP contribution is -2.54. The molecule has 0 saturated carbocycles. The molecule has 0 radical (unpaired) electrons. The van der Waals surface area contributed by atoms with E-state index in [2.05, 4.69) is 5.32 Å². The van der Waals surface area contributed by atoms with Gasteiger partial charge in [0.1, 0.15) is 11.8 Å². The highest BCUT2D eigenvalue weighted by atomic mass is 16.5. The van der Waals surface area contributed by atoms with Gasteiger partial charge in [-0.15, -0.1) is 0 Å². The molecular formula is C27H33N3O4. The van der Waals surface area contributed by atoms with Crippen LogP contribution in [0.25, 0.3) is 0 Å². The van der Waals surface area contributed by atoms with E-state index in [4.69, 9.17) is 4.74 Å². The lowest BCUT2D eigenvalue weighted by atomic mass is 9.87. The first-order chi connectivity index (χ1) is 16.5. The van der Waals surface area contributed by atoms with E-state index in [0.29, 0.717) is 42.8 Å². The van der Waals surface area contributed by atoms with Gasteiger partial charge in [-0.1, -0.05) is 24.3 Å². The van der Waals surface area contributed by atoms with Crippen LogP contribution >= 0.6 is 0 Å². The highest BCUT2D eigenvalue weighted by Gasteiger charge is 2.37. The standard InChI is InChI=1S/C27H33N3O4/c1-19-8-3-4-11-23(19)25(31)28-24(27(33)29-14-5-6-15-29)20-12-16-30(17-13-20)26(32)21-9-7-10-22(18-21)34-2/h3-4,7-11,18,20,24H,5-6,12-17H2,1-2H3,(H,28,31)/t24-/m0/s1.